The molecule has 4 heteroatoms. The van der Waals surface area contributed by atoms with E-state index in [4.69, 9.17) is 10.5 Å². The van der Waals surface area contributed by atoms with Crippen molar-refractivity contribution in [3.05, 3.63) is 35.5 Å². The molecule has 4 nitrogen and oxygen atoms in total. The number of nitrogen functional groups attached to an aromatic ring is 1. The molecule has 0 fully saturated rings. The molecule has 0 aliphatic heterocycles. The summed E-state index contributed by atoms with van der Waals surface area (Å²) in [4.78, 5) is 0. The summed E-state index contributed by atoms with van der Waals surface area (Å²) in [7, 11) is 0. The highest BCUT2D eigenvalue weighted by Crippen LogP contribution is 2.33. The Morgan fingerprint density at radius 2 is 1.71 bits per heavy atom. The van der Waals surface area contributed by atoms with Crippen LogP contribution in [0.25, 0.3) is 0 Å². The number of benzene rings is 1. The molecule has 0 saturated carbocycles. The smallest absolute Gasteiger partial charge is 0.241 e. The third-order valence-corrected chi connectivity index (χ3v) is 3.51. The molecular weight excluding hydrogens is 262 g/mol. The summed E-state index contributed by atoms with van der Waals surface area (Å²) in [5.41, 5.74) is 8.88. The summed E-state index contributed by atoms with van der Waals surface area (Å²) in [6, 6.07) is 8.34. The minimum absolute atomic E-state index is 0.133. The number of aryl methyl sites for hydroxylation is 1. The van der Waals surface area contributed by atoms with Gasteiger partial charge in [-0.15, -0.1) is 0 Å². The molecule has 0 aliphatic carbocycles. The second-order valence-electron chi connectivity index (χ2n) is 6.72. The van der Waals surface area contributed by atoms with E-state index in [1.165, 1.54) is 5.56 Å². The average molecular weight is 287 g/mol. The lowest BCUT2D eigenvalue weighted by Crippen LogP contribution is -2.10. The molecule has 0 bridgehead atoms. The molecule has 2 N–H and O–H groups in total. The van der Waals surface area contributed by atoms with Crippen LogP contribution in [0.4, 0.5) is 5.69 Å². The normalized spacial score (nSPS) is 12.0. The molecule has 0 spiro atoms. The zero-order chi connectivity index (χ0) is 15.8. The molecular formula is C17H25N3O. The SMILES string of the molecule is Cc1nn(C(C)C)c(Oc2ccc(C(C)(C)C)cc2)c1N. The summed E-state index contributed by atoms with van der Waals surface area (Å²) >= 11 is 0. The predicted octanol–water partition coefficient (Wildman–Crippen LogP) is 4.44. The van der Waals surface area contributed by atoms with Crippen LogP contribution in [0.5, 0.6) is 11.6 Å². The molecule has 1 heterocycles. The Hall–Kier alpha value is -1.97. The summed E-state index contributed by atoms with van der Waals surface area (Å²) < 4.78 is 7.79. The number of hydrogen-bond donors (Lipinski definition) is 1. The third kappa shape index (κ3) is 3.20. The van der Waals surface area contributed by atoms with E-state index in [1.54, 1.807) is 0 Å². The van der Waals surface area contributed by atoms with Gasteiger partial charge in [0.2, 0.25) is 5.88 Å². The molecule has 21 heavy (non-hydrogen) atoms. The fraction of sp³-hybridized carbons (Fsp3) is 0.471. The molecule has 1 aromatic heterocycles. The number of aromatic nitrogens is 2. The first kappa shape index (κ1) is 15.4. The van der Waals surface area contributed by atoms with Crippen molar-refractivity contribution in [3.63, 3.8) is 0 Å². The van der Waals surface area contributed by atoms with Gasteiger partial charge >= 0.3 is 0 Å². The first-order valence-corrected chi connectivity index (χ1v) is 7.33. The lowest BCUT2D eigenvalue weighted by atomic mass is 9.87. The fourth-order valence-electron chi connectivity index (χ4n) is 2.13. The maximum Gasteiger partial charge on any atom is 0.241 e. The van der Waals surface area contributed by atoms with Crippen LogP contribution < -0.4 is 10.5 Å². The van der Waals surface area contributed by atoms with Gasteiger partial charge in [-0.25, -0.2) is 4.68 Å². The Kier molecular flexibility index (Phi) is 3.99. The number of rotatable bonds is 3. The van der Waals surface area contributed by atoms with Crippen LogP contribution in [-0.2, 0) is 5.41 Å². The fourth-order valence-corrected chi connectivity index (χ4v) is 2.13. The van der Waals surface area contributed by atoms with Crippen LogP contribution in [0.15, 0.2) is 24.3 Å². The van der Waals surface area contributed by atoms with Gasteiger partial charge in [-0.1, -0.05) is 32.9 Å². The monoisotopic (exact) mass is 287 g/mol. The van der Waals surface area contributed by atoms with Crippen molar-refractivity contribution >= 4 is 5.69 Å². The maximum absolute atomic E-state index is 6.08. The maximum atomic E-state index is 6.08. The molecule has 2 rings (SSSR count). The molecule has 0 radical (unpaired) electrons. The Balaban J connectivity index is 2.30. The van der Waals surface area contributed by atoms with Crippen molar-refractivity contribution in [2.45, 2.75) is 53.0 Å². The zero-order valence-corrected chi connectivity index (χ0v) is 13.8. The first-order valence-electron chi connectivity index (χ1n) is 7.33. The van der Waals surface area contributed by atoms with E-state index in [9.17, 15) is 0 Å². The van der Waals surface area contributed by atoms with Crippen LogP contribution in [0.3, 0.4) is 0 Å². The van der Waals surface area contributed by atoms with E-state index in [1.807, 2.05) is 23.7 Å². The van der Waals surface area contributed by atoms with Gasteiger partial charge < -0.3 is 10.5 Å². The minimum atomic E-state index is 0.133. The van der Waals surface area contributed by atoms with Crippen molar-refractivity contribution in [2.75, 3.05) is 5.73 Å². The second kappa shape index (κ2) is 5.43. The van der Waals surface area contributed by atoms with Crippen LogP contribution in [-0.4, -0.2) is 9.78 Å². The van der Waals surface area contributed by atoms with Crippen molar-refractivity contribution in [3.8, 4) is 11.6 Å². The highest BCUT2D eigenvalue weighted by atomic mass is 16.5. The van der Waals surface area contributed by atoms with Gasteiger partial charge in [0, 0.05) is 0 Å². The van der Waals surface area contributed by atoms with Gasteiger partial charge in [-0.05, 0) is 43.9 Å². The van der Waals surface area contributed by atoms with E-state index >= 15 is 0 Å². The largest absolute Gasteiger partial charge is 0.437 e. The van der Waals surface area contributed by atoms with E-state index in [0.29, 0.717) is 11.6 Å². The van der Waals surface area contributed by atoms with Crippen LogP contribution in [0.1, 0.15) is 51.9 Å². The second-order valence-corrected chi connectivity index (χ2v) is 6.72. The highest BCUT2D eigenvalue weighted by Gasteiger charge is 2.18. The minimum Gasteiger partial charge on any atom is -0.437 e. The van der Waals surface area contributed by atoms with Gasteiger partial charge in [0.1, 0.15) is 11.4 Å². The van der Waals surface area contributed by atoms with E-state index < -0.39 is 0 Å². The molecule has 0 saturated heterocycles. The van der Waals surface area contributed by atoms with E-state index in [2.05, 4.69) is 51.9 Å². The molecule has 2 aromatic rings. The third-order valence-electron chi connectivity index (χ3n) is 3.51. The summed E-state index contributed by atoms with van der Waals surface area (Å²) in [5, 5.41) is 4.43. The topological polar surface area (TPSA) is 53.1 Å². The Labute approximate surface area is 126 Å². The number of nitrogens with two attached hydrogens (primary N) is 1. The van der Waals surface area contributed by atoms with E-state index in [0.717, 1.165) is 11.4 Å². The predicted molar refractivity (Wildman–Crippen MR) is 87.0 cm³/mol. The molecule has 0 unspecified atom stereocenters. The van der Waals surface area contributed by atoms with Crippen molar-refractivity contribution < 1.29 is 4.74 Å². The zero-order valence-electron chi connectivity index (χ0n) is 13.8. The van der Waals surface area contributed by atoms with Crippen molar-refractivity contribution in [1.29, 1.82) is 0 Å². The Morgan fingerprint density at radius 1 is 1.14 bits per heavy atom. The Morgan fingerprint density at radius 3 is 2.19 bits per heavy atom. The Bertz CT molecular complexity index is 619. The molecule has 0 amide bonds. The van der Waals surface area contributed by atoms with Crippen LogP contribution in [0.2, 0.25) is 0 Å². The summed E-state index contributed by atoms with van der Waals surface area (Å²) in [5.74, 6) is 1.39. The average Bonchev–Trinajstić information content (AvgIpc) is 2.67. The van der Waals surface area contributed by atoms with Gasteiger partial charge in [0.25, 0.3) is 0 Å². The standard InChI is InChI=1S/C17H25N3O/c1-11(2)20-16(15(18)12(3)19-20)21-14-9-7-13(8-10-14)17(4,5)6/h7-11H,18H2,1-6H3. The molecule has 0 atom stereocenters. The quantitative estimate of drug-likeness (QED) is 0.907. The van der Waals surface area contributed by atoms with Gasteiger partial charge in [-0.3, -0.25) is 0 Å². The van der Waals surface area contributed by atoms with Crippen molar-refractivity contribution in [1.82, 2.24) is 9.78 Å². The number of hydrogen-bond acceptors (Lipinski definition) is 3. The van der Waals surface area contributed by atoms with E-state index in [-0.39, 0.29) is 11.5 Å². The van der Waals surface area contributed by atoms with Gasteiger partial charge in [0.05, 0.1) is 11.7 Å². The summed E-state index contributed by atoms with van der Waals surface area (Å²) in [6.45, 7) is 12.6. The van der Waals surface area contributed by atoms with Crippen LogP contribution in [0, 0.1) is 6.92 Å². The highest BCUT2D eigenvalue weighted by molar-refractivity contribution is 5.54. The lowest BCUT2D eigenvalue weighted by Gasteiger charge is -2.19. The molecule has 1 aromatic carbocycles. The van der Waals surface area contributed by atoms with Gasteiger partial charge in [0.15, 0.2) is 0 Å². The first-order chi connectivity index (χ1) is 9.70. The number of nitrogens with zero attached hydrogens (tertiary/aromatic N) is 2. The molecule has 114 valence electrons. The molecule has 0 aliphatic rings. The van der Waals surface area contributed by atoms with Crippen LogP contribution >= 0.6 is 0 Å². The van der Waals surface area contributed by atoms with Gasteiger partial charge in [-0.2, -0.15) is 5.10 Å². The number of ether oxygens (including phenoxy) is 1. The summed E-state index contributed by atoms with van der Waals surface area (Å²) in [6.07, 6.45) is 0. The number of anilines is 1. The lowest BCUT2D eigenvalue weighted by molar-refractivity contribution is 0.389. The van der Waals surface area contributed by atoms with Crippen molar-refractivity contribution in [2.24, 2.45) is 0 Å².